The lowest BCUT2D eigenvalue weighted by Gasteiger charge is -2.20. The molecular formula is C16H18N2O4. The van der Waals surface area contributed by atoms with E-state index in [1.807, 2.05) is 6.07 Å². The van der Waals surface area contributed by atoms with E-state index in [0.717, 1.165) is 0 Å². The van der Waals surface area contributed by atoms with Gasteiger partial charge in [0.1, 0.15) is 5.60 Å². The molecule has 1 heterocycles. The third kappa shape index (κ3) is 3.16. The van der Waals surface area contributed by atoms with Crippen molar-refractivity contribution in [3.63, 3.8) is 0 Å². The Labute approximate surface area is 127 Å². The van der Waals surface area contributed by atoms with E-state index in [-0.39, 0.29) is 5.56 Å². The molecule has 6 heteroatoms. The monoisotopic (exact) mass is 302 g/mol. The summed E-state index contributed by atoms with van der Waals surface area (Å²) in [6.07, 6.45) is 0.441. The van der Waals surface area contributed by atoms with Crippen LogP contribution in [0, 0.1) is 6.92 Å². The van der Waals surface area contributed by atoms with Crippen molar-refractivity contribution in [3.05, 3.63) is 62.9 Å². The summed E-state index contributed by atoms with van der Waals surface area (Å²) in [5.74, 6) is 0. The number of benzene rings is 1. The summed E-state index contributed by atoms with van der Waals surface area (Å²) in [4.78, 5) is 36.8. The van der Waals surface area contributed by atoms with Crippen molar-refractivity contribution < 1.29 is 9.53 Å². The quantitative estimate of drug-likeness (QED) is 0.808. The lowest BCUT2D eigenvalue weighted by atomic mass is 10.2. The van der Waals surface area contributed by atoms with Crippen molar-refractivity contribution in [3.8, 4) is 5.69 Å². The van der Waals surface area contributed by atoms with Gasteiger partial charge in [-0.15, -0.1) is 0 Å². The summed E-state index contributed by atoms with van der Waals surface area (Å²) < 4.78 is 6.91. The summed E-state index contributed by atoms with van der Waals surface area (Å²) >= 11 is 0. The van der Waals surface area contributed by atoms with Crippen molar-refractivity contribution in [2.75, 3.05) is 0 Å². The second-order valence-corrected chi connectivity index (χ2v) is 5.92. The van der Waals surface area contributed by atoms with Gasteiger partial charge in [-0.25, -0.2) is 9.59 Å². The maximum Gasteiger partial charge on any atom is 0.425 e. The van der Waals surface area contributed by atoms with E-state index in [2.05, 4.69) is 0 Å². The highest BCUT2D eigenvalue weighted by atomic mass is 16.6. The van der Waals surface area contributed by atoms with Crippen molar-refractivity contribution >= 4 is 6.09 Å². The van der Waals surface area contributed by atoms with Crippen LogP contribution < -0.4 is 11.2 Å². The molecule has 0 aliphatic heterocycles. The number of carbonyl (C=O) groups excluding carboxylic acids is 1. The van der Waals surface area contributed by atoms with Crippen LogP contribution in [-0.2, 0) is 4.74 Å². The Morgan fingerprint density at radius 1 is 1.09 bits per heavy atom. The average molecular weight is 302 g/mol. The zero-order chi connectivity index (χ0) is 16.5. The molecule has 0 saturated heterocycles. The fourth-order valence-corrected chi connectivity index (χ4v) is 1.92. The Hall–Kier alpha value is -2.63. The van der Waals surface area contributed by atoms with Crippen molar-refractivity contribution in [2.24, 2.45) is 0 Å². The summed E-state index contributed by atoms with van der Waals surface area (Å²) in [7, 11) is 0. The first kappa shape index (κ1) is 15.8. The van der Waals surface area contributed by atoms with E-state index in [1.54, 1.807) is 52.0 Å². The molecule has 0 aliphatic carbocycles. The summed E-state index contributed by atoms with van der Waals surface area (Å²) in [6, 6.07) is 8.76. The van der Waals surface area contributed by atoms with Crippen LogP contribution in [0.1, 0.15) is 26.3 Å². The van der Waals surface area contributed by atoms with Crippen LogP contribution >= 0.6 is 0 Å². The van der Waals surface area contributed by atoms with Crippen molar-refractivity contribution in [1.82, 2.24) is 9.13 Å². The van der Waals surface area contributed by atoms with E-state index in [4.69, 9.17) is 4.74 Å². The van der Waals surface area contributed by atoms with E-state index in [1.165, 1.54) is 10.8 Å². The molecule has 0 spiro atoms. The minimum Gasteiger partial charge on any atom is -0.443 e. The molecule has 0 saturated carbocycles. The lowest BCUT2D eigenvalue weighted by molar-refractivity contribution is 0.0521. The molecule has 2 rings (SSSR count). The van der Waals surface area contributed by atoms with E-state index < -0.39 is 22.9 Å². The van der Waals surface area contributed by atoms with Crippen LogP contribution in [0.3, 0.4) is 0 Å². The van der Waals surface area contributed by atoms with E-state index in [0.29, 0.717) is 10.3 Å². The van der Waals surface area contributed by atoms with Crippen LogP contribution in [0.25, 0.3) is 5.69 Å². The number of hydrogen-bond donors (Lipinski definition) is 0. The van der Waals surface area contributed by atoms with Crippen LogP contribution in [0.15, 0.2) is 46.1 Å². The first-order valence-electron chi connectivity index (χ1n) is 6.85. The van der Waals surface area contributed by atoms with Gasteiger partial charge < -0.3 is 4.74 Å². The number of para-hydroxylation sites is 1. The topological polar surface area (TPSA) is 70.3 Å². The van der Waals surface area contributed by atoms with Gasteiger partial charge in [0.15, 0.2) is 0 Å². The first-order valence-corrected chi connectivity index (χ1v) is 6.85. The third-order valence-electron chi connectivity index (χ3n) is 2.87. The van der Waals surface area contributed by atoms with Gasteiger partial charge in [0.05, 0.1) is 5.69 Å². The highest BCUT2D eigenvalue weighted by Gasteiger charge is 2.22. The smallest absolute Gasteiger partial charge is 0.425 e. The summed E-state index contributed by atoms with van der Waals surface area (Å²) in [5, 5.41) is 0. The molecule has 0 N–H and O–H groups in total. The zero-order valence-electron chi connectivity index (χ0n) is 13.0. The van der Waals surface area contributed by atoms with Crippen molar-refractivity contribution in [2.45, 2.75) is 33.3 Å². The molecule has 0 unspecified atom stereocenters. The Bertz CT molecular complexity index is 811. The van der Waals surface area contributed by atoms with Gasteiger partial charge in [-0.3, -0.25) is 9.36 Å². The van der Waals surface area contributed by atoms with Gasteiger partial charge in [0.25, 0.3) is 5.56 Å². The number of ether oxygens (including phenoxy) is 1. The number of carbonyl (C=O) groups is 1. The van der Waals surface area contributed by atoms with Crippen LogP contribution in [-0.4, -0.2) is 20.8 Å². The number of nitrogens with zero attached hydrogens (tertiary/aromatic N) is 2. The minimum absolute atomic E-state index is 0.273. The fraction of sp³-hybridized carbons (Fsp3) is 0.312. The molecule has 0 aliphatic rings. The predicted molar refractivity (Wildman–Crippen MR) is 82.7 cm³/mol. The van der Waals surface area contributed by atoms with Crippen LogP contribution in [0.2, 0.25) is 0 Å². The van der Waals surface area contributed by atoms with E-state index >= 15 is 0 Å². The minimum atomic E-state index is -0.976. The average Bonchev–Trinajstić information content (AvgIpc) is 2.42. The summed E-state index contributed by atoms with van der Waals surface area (Å²) in [6.45, 7) is 6.55. The Morgan fingerprint density at radius 3 is 2.23 bits per heavy atom. The first-order chi connectivity index (χ1) is 10.2. The standard InChI is InChI=1S/C16H18N2O4/c1-11-10-17(12-8-6-5-7-9-12)14(20)18(13(11)19)15(21)22-16(2,3)4/h5-10H,1-4H3. The molecule has 0 atom stereocenters. The molecule has 1 aromatic carbocycles. The fourth-order valence-electron chi connectivity index (χ4n) is 1.92. The Balaban J connectivity index is 2.66. The number of hydrogen-bond acceptors (Lipinski definition) is 4. The zero-order valence-corrected chi connectivity index (χ0v) is 13.0. The van der Waals surface area contributed by atoms with Crippen LogP contribution in [0.5, 0.6) is 0 Å². The predicted octanol–water partition coefficient (Wildman–Crippen LogP) is 2.09. The molecule has 22 heavy (non-hydrogen) atoms. The highest BCUT2D eigenvalue weighted by molar-refractivity contribution is 5.70. The maximum absolute atomic E-state index is 12.5. The lowest BCUT2D eigenvalue weighted by Crippen LogP contribution is -2.46. The van der Waals surface area contributed by atoms with Crippen LogP contribution in [0.4, 0.5) is 4.79 Å². The molecule has 2 aromatic rings. The number of rotatable bonds is 1. The number of aryl methyl sites for hydroxylation is 1. The molecule has 116 valence electrons. The van der Waals surface area contributed by atoms with Crippen molar-refractivity contribution in [1.29, 1.82) is 0 Å². The molecule has 0 radical (unpaired) electrons. The second kappa shape index (κ2) is 5.63. The SMILES string of the molecule is Cc1cn(-c2ccccc2)c(=O)n(C(=O)OC(C)(C)C)c1=O. The maximum atomic E-state index is 12.5. The van der Waals surface area contributed by atoms with Gasteiger partial charge >= 0.3 is 11.8 Å². The molecular weight excluding hydrogens is 284 g/mol. The van der Waals surface area contributed by atoms with E-state index in [9.17, 15) is 14.4 Å². The van der Waals surface area contributed by atoms with Gasteiger partial charge in [-0.1, -0.05) is 18.2 Å². The second-order valence-electron chi connectivity index (χ2n) is 5.92. The molecule has 0 amide bonds. The molecule has 6 nitrogen and oxygen atoms in total. The molecule has 0 fully saturated rings. The Morgan fingerprint density at radius 2 is 1.68 bits per heavy atom. The Kier molecular flexibility index (Phi) is 4.03. The summed E-state index contributed by atoms with van der Waals surface area (Å²) in [5.41, 5.74) is -1.39. The molecule has 1 aromatic heterocycles. The third-order valence-corrected chi connectivity index (χ3v) is 2.87. The van der Waals surface area contributed by atoms with Gasteiger partial charge in [0.2, 0.25) is 0 Å². The van der Waals surface area contributed by atoms with Gasteiger partial charge in [-0.2, -0.15) is 4.57 Å². The normalized spacial score (nSPS) is 11.3. The molecule has 0 bridgehead atoms. The largest absolute Gasteiger partial charge is 0.443 e. The number of aromatic nitrogens is 2. The highest BCUT2D eigenvalue weighted by Crippen LogP contribution is 2.08. The van der Waals surface area contributed by atoms with Gasteiger partial charge in [-0.05, 0) is 39.8 Å². The van der Waals surface area contributed by atoms with Gasteiger partial charge in [0, 0.05) is 11.8 Å².